The van der Waals surface area contributed by atoms with Gasteiger partial charge in [-0.15, -0.1) is 0 Å². The van der Waals surface area contributed by atoms with Gasteiger partial charge in [-0.25, -0.2) is 0 Å². The van der Waals surface area contributed by atoms with Crippen molar-refractivity contribution in [3.8, 4) is 0 Å². The molecule has 0 aromatic rings. The number of rotatable bonds is 1. The molecule has 3 nitrogen and oxygen atoms in total. The molecule has 0 aromatic heterocycles. The molecule has 1 aliphatic heterocycles. The Kier molecular flexibility index (Phi) is 3.65. The van der Waals surface area contributed by atoms with Crippen molar-refractivity contribution >= 4 is 19.4 Å². The van der Waals surface area contributed by atoms with Crippen molar-refractivity contribution in [3.63, 3.8) is 0 Å². The molecule has 0 bridgehead atoms. The van der Waals surface area contributed by atoms with Gasteiger partial charge in [0.25, 0.3) is 0 Å². The fraction of sp³-hybridized carbons (Fsp3) is 0.800. The number of carbonyl (C=O) groups is 1. The molecular formula is C5H12N2OS. The second-order valence-corrected chi connectivity index (χ2v) is 2.05. The Balaban J connectivity index is 0.000000640. The van der Waals surface area contributed by atoms with E-state index in [0.29, 0.717) is 0 Å². The number of hydrogen-bond acceptors (Lipinski definition) is 2. The Bertz CT molecular complexity index is 101. The van der Waals surface area contributed by atoms with E-state index in [1.165, 1.54) is 0 Å². The van der Waals surface area contributed by atoms with Crippen molar-refractivity contribution in [3.05, 3.63) is 0 Å². The van der Waals surface area contributed by atoms with Gasteiger partial charge in [0.15, 0.2) is 0 Å². The Morgan fingerprint density at radius 3 is 2.56 bits per heavy atom. The van der Waals surface area contributed by atoms with Gasteiger partial charge in [-0.1, -0.05) is 0 Å². The number of amides is 1. The second kappa shape index (κ2) is 3.74. The van der Waals surface area contributed by atoms with Gasteiger partial charge in [0.05, 0.1) is 6.04 Å². The molecule has 9 heavy (non-hydrogen) atoms. The summed E-state index contributed by atoms with van der Waals surface area (Å²) in [5, 5.41) is 2.98. The number of nitrogens with two attached hydrogens (primary N) is 1. The average Bonchev–Trinajstić information content (AvgIpc) is 2.12. The molecule has 0 unspecified atom stereocenters. The van der Waals surface area contributed by atoms with E-state index >= 15 is 0 Å². The van der Waals surface area contributed by atoms with E-state index in [0.717, 1.165) is 19.4 Å². The summed E-state index contributed by atoms with van der Waals surface area (Å²) in [6.45, 7) is 0.938. The van der Waals surface area contributed by atoms with Crippen LogP contribution < -0.4 is 11.1 Å². The molecule has 1 atom stereocenters. The van der Waals surface area contributed by atoms with Crippen LogP contribution in [0.4, 0.5) is 0 Å². The smallest absolute Gasteiger partial charge is 0.234 e. The van der Waals surface area contributed by atoms with E-state index in [-0.39, 0.29) is 25.4 Å². The summed E-state index contributed by atoms with van der Waals surface area (Å²) in [4.78, 5) is 10.4. The molecule has 1 fully saturated rings. The molecule has 0 radical (unpaired) electrons. The Morgan fingerprint density at radius 1 is 1.67 bits per heavy atom. The fourth-order valence-corrected chi connectivity index (χ4v) is 0.927. The van der Waals surface area contributed by atoms with Gasteiger partial charge in [0.1, 0.15) is 0 Å². The quantitative estimate of drug-likeness (QED) is 0.518. The largest absolute Gasteiger partial charge is 0.368 e. The van der Waals surface area contributed by atoms with Crippen LogP contribution in [0.3, 0.4) is 0 Å². The molecule has 1 aliphatic rings. The first-order valence-corrected chi connectivity index (χ1v) is 2.83. The number of nitrogens with one attached hydrogen (secondary N) is 1. The topological polar surface area (TPSA) is 55.1 Å². The van der Waals surface area contributed by atoms with E-state index in [4.69, 9.17) is 5.73 Å². The third kappa shape index (κ3) is 2.24. The second-order valence-electron chi connectivity index (χ2n) is 2.05. The monoisotopic (exact) mass is 148 g/mol. The van der Waals surface area contributed by atoms with E-state index < -0.39 is 0 Å². The van der Waals surface area contributed by atoms with Gasteiger partial charge >= 0.3 is 0 Å². The van der Waals surface area contributed by atoms with E-state index in [9.17, 15) is 4.79 Å². The summed E-state index contributed by atoms with van der Waals surface area (Å²) < 4.78 is 0. The first-order valence-electron chi connectivity index (χ1n) is 2.83. The molecule has 1 amide bonds. The van der Waals surface area contributed by atoms with Crippen LogP contribution >= 0.6 is 13.5 Å². The molecule has 1 rings (SSSR count). The third-order valence-electron chi connectivity index (χ3n) is 1.40. The predicted molar refractivity (Wildman–Crippen MR) is 40.6 cm³/mol. The lowest BCUT2D eigenvalue weighted by molar-refractivity contribution is -0.119. The highest BCUT2D eigenvalue weighted by molar-refractivity contribution is 7.59. The molecule has 0 saturated carbocycles. The maximum Gasteiger partial charge on any atom is 0.234 e. The van der Waals surface area contributed by atoms with Crippen molar-refractivity contribution in [1.82, 2.24) is 5.32 Å². The zero-order valence-electron chi connectivity index (χ0n) is 5.18. The normalized spacial score (nSPS) is 25.1. The zero-order valence-corrected chi connectivity index (χ0v) is 6.18. The minimum atomic E-state index is -0.220. The average molecular weight is 148 g/mol. The lowest BCUT2D eigenvalue weighted by atomic mass is 10.2. The number of carbonyl (C=O) groups excluding carboxylic acids is 1. The molecule has 1 heterocycles. The van der Waals surface area contributed by atoms with E-state index in [2.05, 4.69) is 5.32 Å². The highest BCUT2D eigenvalue weighted by Gasteiger charge is 2.18. The molecule has 0 spiro atoms. The molecule has 0 aliphatic carbocycles. The zero-order chi connectivity index (χ0) is 5.98. The molecule has 4 heteroatoms. The summed E-state index contributed by atoms with van der Waals surface area (Å²) in [7, 11) is 0. The molecule has 0 aromatic carbocycles. The standard InChI is InChI=1S/C5H10N2O.H2S/c6-5(8)4-2-1-3-7-4;/h4,7H,1-3H2,(H2,6,8);1H2/t4-;/m0./s1. The van der Waals surface area contributed by atoms with Gasteiger partial charge < -0.3 is 11.1 Å². The Labute approximate surface area is 61.4 Å². The van der Waals surface area contributed by atoms with Crippen LogP contribution in [0, 0.1) is 0 Å². The van der Waals surface area contributed by atoms with Crippen molar-refractivity contribution in [1.29, 1.82) is 0 Å². The van der Waals surface area contributed by atoms with Crippen molar-refractivity contribution in [2.45, 2.75) is 18.9 Å². The lowest BCUT2D eigenvalue weighted by Gasteiger charge is -2.01. The summed E-state index contributed by atoms with van der Waals surface area (Å²) >= 11 is 0. The summed E-state index contributed by atoms with van der Waals surface area (Å²) in [6.07, 6.45) is 1.99. The van der Waals surface area contributed by atoms with Gasteiger partial charge in [0.2, 0.25) is 5.91 Å². The Morgan fingerprint density at radius 2 is 2.33 bits per heavy atom. The van der Waals surface area contributed by atoms with Crippen LogP contribution in [0.25, 0.3) is 0 Å². The fourth-order valence-electron chi connectivity index (χ4n) is 0.927. The van der Waals surface area contributed by atoms with Gasteiger partial charge in [-0.3, -0.25) is 4.79 Å². The molecule has 54 valence electrons. The number of hydrogen-bond donors (Lipinski definition) is 2. The highest BCUT2D eigenvalue weighted by atomic mass is 32.1. The summed E-state index contributed by atoms with van der Waals surface area (Å²) in [5.74, 6) is -0.220. The first kappa shape index (κ1) is 8.78. The van der Waals surface area contributed by atoms with Crippen LogP contribution in [0.2, 0.25) is 0 Å². The van der Waals surface area contributed by atoms with Gasteiger partial charge in [-0.2, -0.15) is 13.5 Å². The van der Waals surface area contributed by atoms with Crippen LogP contribution in [0.5, 0.6) is 0 Å². The lowest BCUT2D eigenvalue weighted by Crippen LogP contribution is -2.36. The van der Waals surface area contributed by atoms with Crippen molar-refractivity contribution < 1.29 is 4.79 Å². The summed E-state index contributed by atoms with van der Waals surface area (Å²) in [6, 6.07) is -0.0463. The molecule has 1 saturated heterocycles. The first-order chi connectivity index (χ1) is 3.80. The van der Waals surface area contributed by atoms with Crippen LogP contribution in [0.15, 0.2) is 0 Å². The maximum atomic E-state index is 10.4. The predicted octanol–water partition coefficient (Wildman–Crippen LogP) is -0.663. The van der Waals surface area contributed by atoms with E-state index in [1.54, 1.807) is 0 Å². The minimum absolute atomic E-state index is 0. The van der Waals surface area contributed by atoms with Crippen molar-refractivity contribution in [2.24, 2.45) is 5.73 Å². The third-order valence-corrected chi connectivity index (χ3v) is 1.40. The maximum absolute atomic E-state index is 10.4. The van der Waals surface area contributed by atoms with E-state index in [1.807, 2.05) is 0 Å². The van der Waals surface area contributed by atoms with Crippen molar-refractivity contribution in [2.75, 3.05) is 6.54 Å². The summed E-state index contributed by atoms with van der Waals surface area (Å²) in [5.41, 5.74) is 5.00. The minimum Gasteiger partial charge on any atom is -0.368 e. The highest BCUT2D eigenvalue weighted by Crippen LogP contribution is 2.02. The molecule has 3 N–H and O–H groups in total. The van der Waals surface area contributed by atoms with Crippen LogP contribution in [0.1, 0.15) is 12.8 Å². The molecular weight excluding hydrogens is 136 g/mol. The Hall–Kier alpha value is -0.220. The van der Waals surface area contributed by atoms with Gasteiger partial charge in [-0.05, 0) is 19.4 Å². The SMILES string of the molecule is NC(=O)[C@@H]1CCCN1.S. The number of primary amides is 1. The van der Waals surface area contributed by atoms with Crippen LogP contribution in [-0.4, -0.2) is 18.5 Å². The van der Waals surface area contributed by atoms with Gasteiger partial charge in [0, 0.05) is 0 Å². The van der Waals surface area contributed by atoms with Crippen LogP contribution in [-0.2, 0) is 4.79 Å².